The topological polar surface area (TPSA) is 26.3 Å². The predicted molar refractivity (Wildman–Crippen MR) is 83.5 cm³/mol. The maximum absolute atomic E-state index is 11.7. The summed E-state index contributed by atoms with van der Waals surface area (Å²) in [5.74, 6) is -0.176. The molecule has 0 spiro atoms. The maximum Gasteiger partial charge on any atom is 0.310 e. The van der Waals surface area contributed by atoms with Gasteiger partial charge in [0, 0.05) is 0 Å². The minimum atomic E-state index is -0.176. The molecule has 1 aromatic rings. The Bertz CT molecular complexity index is 469. The predicted octanol–water partition coefficient (Wildman–Crippen LogP) is 4.47. The van der Waals surface area contributed by atoms with E-state index in [4.69, 9.17) is 4.74 Å². The number of esters is 1. The number of rotatable bonds is 7. The summed E-state index contributed by atoms with van der Waals surface area (Å²) >= 11 is 0. The van der Waals surface area contributed by atoms with Crippen molar-refractivity contribution in [3.63, 3.8) is 0 Å². The normalized spacial score (nSPS) is 12.3. The van der Waals surface area contributed by atoms with E-state index in [1.54, 1.807) is 0 Å². The van der Waals surface area contributed by atoms with Crippen LogP contribution in [0.2, 0.25) is 0 Å². The van der Waals surface area contributed by atoms with E-state index in [0.717, 1.165) is 24.0 Å². The standard InChI is InChI=1S/C18H24O2/c1-4-8-15(2)11-12-16(3)14-20-18(19)13-17-9-6-5-7-10-17/h5-10,12H,4,11,13-14H2,1-3H3/b15-8+,16-12+. The summed E-state index contributed by atoms with van der Waals surface area (Å²) in [6.45, 7) is 6.63. The molecule has 0 unspecified atom stereocenters. The number of hydrogen-bond acceptors (Lipinski definition) is 2. The highest BCUT2D eigenvalue weighted by Gasteiger charge is 2.04. The smallest absolute Gasteiger partial charge is 0.310 e. The zero-order chi connectivity index (χ0) is 14.8. The quantitative estimate of drug-likeness (QED) is 0.541. The molecule has 0 heterocycles. The van der Waals surface area contributed by atoms with E-state index < -0.39 is 0 Å². The Labute approximate surface area is 122 Å². The zero-order valence-electron chi connectivity index (χ0n) is 12.7. The third-order valence-corrected chi connectivity index (χ3v) is 2.98. The first-order chi connectivity index (χ1) is 9.61. The Hall–Kier alpha value is -1.83. The molecule has 0 aromatic heterocycles. The van der Waals surface area contributed by atoms with Crippen LogP contribution in [0.5, 0.6) is 0 Å². The molecule has 0 aliphatic heterocycles. The Balaban J connectivity index is 2.33. The van der Waals surface area contributed by atoms with Gasteiger partial charge in [-0.25, -0.2) is 0 Å². The van der Waals surface area contributed by atoms with Gasteiger partial charge in [0.2, 0.25) is 0 Å². The molecular formula is C18H24O2. The molecule has 0 aliphatic carbocycles. The number of allylic oxidation sites excluding steroid dienone is 3. The minimum absolute atomic E-state index is 0.176. The average molecular weight is 272 g/mol. The molecule has 20 heavy (non-hydrogen) atoms. The van der Waals surface area contributed by atoms with E-state index in [0.29, 0.717) is 13.0 Å². The van der Waals surface area contributed by atoms with Crippen LogP contribution in [0, 0.1) is 0 Å². The molecule has 2 nitrogen and oxygen atoms in total. The van der Waals surface area contributed by atoms with Crippen LogP contribution < -0.4 is 0 Å². The van der Waals surface area contributed by atoms with Crippen LogP contribution in [0.15, 0.2) is 53.6 Å². The molecule has 2 heteroatoms. The van der Waals surface area contributed by atoms with Gasteiger partial charge in [-0.05, 0) is 37.8 Å². The Morgan fingerprint density at radius 3 is 2.45 bits per heavy atom. The lowest BCUT2D eigenvalue weighted by atomic mass is 10.1. The van der Waals surface area contributed by atoms with Crippen molar-refractivity contribution < 1.29 is 9.53 Å². The van der Waals surface area contributed by atoms with Crippen molar-refractivity contribution in [2.24, 2.45) is 0 Å². The van der Waals surface area contributed by atoms with E-state index in [9.17, 15) is 4.79 Å². The first kappa shape index (κ1) is 16.2. The van der Waals surface area contributed by atoms with Crippen molar-refractivity contribution >= 4 is 5.97 Å². The highest BCUT2D eigenvalue weighted by molar-refractivity contribution is 5.72. The number of ether oxygens (including phenoxy) is 1. The average Bonchev–Trinajstić information content (AvgIpc) is 2.44. The fraction of sp³-hybridized carbons (Fsp3) is 0.389. The summed E-state index contributed by atoms with van der Waals surface area (Å²) in [6, 6.07) is 9.66. The van der Waals surface area contributed by atoms with Crippen LogP contribution in [0.4, 0.5) is 0 Å². The lowest BCUT2D eigenvalue weighted by Gasteiger charge is -2.05. The minimum Gasteiger partial charge on any atom is -0.461 e. The summed E-state index contributed by atoms with van der Waals surface area (Å²) in [7, 11) is 0. The molecule has 0 saturated carbocycles. The van der Waals surface area contributed by atoms with E-state index >= 15 is 0 Å². The fourth-order valence-corrected chi connectivity index (χ4v) is 1.83. The van der Waals surface area contributed by atoms with Crippen molar-refractivity contribution in [1.29, 1.82) is 0 Å². The molecule has 0 bridgehead atoms. The van der Waals surface area contributed by atoms with Crippen LogP contribution in [-0.2, 0) is 16.0 Å². The monoisotopic (exact) mass is 272 g/mol. The summed E-state index contributed by atoms with van der Waals surface area (Å²) in [5.41, 5.74) is 3.43. The summed E-state index contributed by atoms with van der Waals surface area (Å²) in [4.78, 5) is 11.7. The Morgan fingerprint density at radius 2 is 1.80 bits per heavy atom. The van der Waals surface area contributed by atoms with Gasteiger partial charge >= 0.3 is 5.97 Å². The Morgan fingerprint density at radius 1 is 1.10 bits per heavy atom. The van der Waals surface area contributed by atoms with Crippen LogP contribution in [0.25, 0.3) is 0 Å². The molecule has 0 atom stereocenters. The first-order valence-electron chi connectivity index (χ1n) is 7.12. The molecule has 108 valence electrons. The number of benzene rings is 1. The highest BCUT2D eigenvalue weighted by Crippen LogP contribution is 2.07. The summed E-state index contributed by atoms with van der Waals surface area (Å²) in [6.07, 6.45) is 6.66. The molecule has 1 rings (SSSR count). The zero-order valence-corrected chi connectivity index (χ0v) is 12.7. The van der Waals surface area contributed by atoms with Crippen molar-refractivity contribution in [2.75, 3.05) is 6.61 Å². The van der Waals surface area contributed by atoms with Crippen molar-refractivity contribution in [1.82, 2.24) is 0 Å². The van der Waals surface area contributed by atoms with Gasteiger partial charge in [-0.1, -0.05) is 55.0 Å². The maximum atomic E-state index is 11.7. The molecular weight excluding hydrogens is 248 g/mol. The van der Waals surface area contributed by atoms with Gasteiger partial charge in [0.1, 0.15) is 6.61 Å². The second kappa shape index (κ2) is 9.13. The van der Waals surface area contributed by atoms with Gasteiger partial charge in [-0.15, -0.1) is 0 Å². The van der Waals surface area contributed by atoms with Crippen LogP contribution in [0.1, 0.15) is 39.2 Å². The van der Waals surface area contributed by atoms with Gasteiger partial charge in [-0.2, -0.15) is 0 Å². The lowest BCUT2D eigenvalue weighted by Crippen LogP contribution is -2.09. The lowest BCUT2D eigenvalue weighted by molar-refractivity contribution is -0.141. The third kappa shape index (κ3) is 6.93. The van der Waals surface area contributed by atoms with Crippen LogP contribution >= 0.6 is 0 Å². The third-order valence-electron chi connectivity index (χ3n) is 2.98. The first-order valence-corrected chi connectivity index (χ1v) is 7.12. The van der Waals surface area contributed by atoms with Gasteiger partial charge in [-0.3, -0.25) is 4.79 Å². The van der Waals surface area contributed by atoms with E-state index in [2.05, 4.69) is 26.0 Å². The highest BCUT2D eigenvalue weighted by atomic mass is 16.5. The number of hydrogen-bond donors (Lipinski definition) is 0. The summed E-state index contributed by atoms with van der Waals surface area (Å²) < 4.78 is 5.27. The van der Waals surface area contributed by atoms with Gasteiger partial charge < -0.3 is 4.74 Å². The molecule has 0 fully saturated rings. The molecule has 0 radical (unpaired) electrons. The fourth-order valence-electron chi connectivity index (χ4n) is 1.83. The van der Waals surface area contributed by atoms with E-state index in [1.807, 2.05) is 37.3 Å². The molecule has 0 aliphatic rings. The second-order valence-electron chi connectivity index (χ2n) is 5.04. The van der Waals surface area contributed by atoms with Crippen molar-refractivity contribution in [3.05, 3.63) is 59.2 Å². The number of carbonyl (C=O) groups is 1. The number of carbonyl (C=O) groups excluding carboxylic acids is 1. The second-order valence-corrected chi connectivity index (χ2v) is 5.04. The van der Waals surface area contributed by atoms with Gasteiger partial charge in [0.15, 0.2) is 0 Å². The SMILES string of the molecule is CC/C=C(\C)C/C=C(\C)COC(=O)Cc1ccccc1. The van der Waals surface area contributed by atoms with E-state index in [-0.39, 0.29) is 5.97 Å². The van der Waals surface area contributed by atoms with Gasteiger partial charge in [0.05, 0.1) is 6.42 Å². The molecule has 0 N–H and O–H groups in total. The van der Waals surface area contributed by atoms with Crippen LogP contribution in [0.3, 0.4) is 0 Å². The summed E-state index contributed by atoms with van der Waals surface area (Å²) in [5, 5.41) is 0. The van der Waals surface area contributed by atoms with E-state index in [1.165, 1.54) is 5.57 Å². The van der Waals surface area contributed by atoms with Crippen molar-refractivity contribution in [3.8, 4) is 0 Å². The largest absolute Gasteiger partial charge is 0.461 e. The van der Waals surface area contributed by atoms with Crippen LogP contribution in [-0.4, -0.2) is 12.6 Å². The molecule has 0 amide bonds. The molecule has 0 saturated heterocycles. The molecule has 1 aromatic carbocycles. The Kier molecular flexibility index (Phi) is 7.41. The van der Waals surface area contributed by atoms with Gasteiger partial charge in [0.25, 0.3) is 0 Å². The van der Waals surface area contributed by atoms with Crippen molar-refractivity contribution in [2.45, 2.75) is 40.0 Å².